The molecule has 6 heteroatoms. The highest BCUT2D eigenvalue weighted by atomic mass is 35.5. The first-order valence-electron chi connectivity index (χ1n) is 6.67. The smallest absolute Gasteiger partial charge is 0.225 e. The van der Waals surface area contributed by atoms with E-state index in [0.29, 0.717) is 36.9 Å². The standard InChI is InChI=1S/C14H19ClN2O3/c15-11-2-1-3-12(8-11)16-14(19)4-5-17-6-7-20-10-13(17)9-18/h1-3,8,13,18H,4-7,9-10H2,(H,16,19). The highest BCUT2D eigenvalue weighted by Gasteiger charge is 2.22. The Balaban J connectivity index is 1.79. The van der Waals surface area contributed by atoms with Gasteiger partial charge in [-0.05, 0) is 18.2 Å². The van der Waals surface area contributed by atoms with Crippen molar-refractivity contribution in [3.8, 4) is 0 Å². The van der Waals surface area contributed by atoms with Gasteiger partial charge in [0.2, 0.25) is 5.91 Å². The summed E-state index contributed by atoms with van der Waals surface area (Å²) < 4.78 is 5.30. The molecule has 0 saturated carbocycles. The highest BCUT2D eigenvalue weighted by molar-refractivity contribution is 6.30. The second-order valence-corrected chi connectivity index (χ2v) is 5.19. The van der Waals surface area contributed by atoms with E-state index in [4.69, 9.17) is 16.3 Å². The summed E-state index contributed by atoms with van der Waals surface area (Å²) in [5, 5.41) is 12.7. The molecule has 1 aromatic carbocycles. The molecule has 1 fully saturated rings. The van der Waals surface area contributed by atoms with Crippen LogP contribution in [0.3, 0.4) is 0 Å². The number of carbonyl (C=O) groups excluding carboxylic acids is 1. The van der Waals surface area contributed by atoms with E-state index < -0.39 is 0 Å². The van der Waals surface area contributed by atoms with Crippen LogP contribution in [-0.4, -0.2) is 54.9 Å². The van der Waals surface area contributed by atoms with Gasteiger partial charge in [0.05, 0.1) is 25.9 Å². The lowest BCUT2D eigenvalue weighted by atomic mass is 10.2. The fourth-order valence-electron chi connectivity index (χ4n) is 2.19. The molecule has 5 nitrogen and oxygen atoms in total. The molecule has 1 heterocycles. The molecule has 0 spiro atoms. The van der Waals surface area contributed by atoms with E-state index in [0.717, 1.165) is 6.54 Å². The van der Waals surface area contributed by atoms with Gasteiger partial charge in [0.25, 0.3) is 0 Å². The first-order valence-corrected chi connectivity index (χ1v) is 7.05. The molecule has 1 unspecified atom stereocenters. The molecule has 2 rings (SSSR count). The van der Waals surface area contributed by atoms with E-state index >= 15 is 0 Å². The average Bonchev–Trinajstić information content (AvgIpc) is 2.45. The van der Waals surface area contributed by atoms with Gasteiger partial charge in [-0.3, -0.25) is 9.69 Å². The molecule has 20 heavy (non-hydrogen) atoms. The Labute approximate surface area is 123 Å². The number of amides is 1. The summed E-state index contributed by atoms with van der Waals surface area (Å²) in [4.78, 5) is 14.0. The van der Waals surface area contributed by atoms with Crippen LogP contribution in [-0.2, 0) is 9.53 Å². The van der Waals surface area contributed by atoms with Crippen LogP contribution in [0.1, 0.15) is 6.42 Å². The lowest BCUT2D eigenvalue weighted by Gasteiger charge is -2.34. The van der Waals surface area contributed by atoms with Gasteiger partial charge in [0, 0.05) is 30.2 Å². The van der Waals surface area contributed by atoms with Crippen LogP contribution in [0.4, 0.5) is 5.69 Å². The molecule has 1 saturated heterocycles. The quantitative estimate of drug-likeness (QED) is 0.862. The van der Waals surface area contributed by atoms with Crippen molar-refractivity contribution in [2.24, 2.45) is 0 Å². The summed E-state index contributed by atoms with van der Waals surface area (Å²) in [5.74, 6) is -0.0598. The maximum atomic E-state index is 11.9. The summed E-state index contributed by atoms with van der Waals surface area (Å²) in [5.41, 5.74) is 0.697. The third kappa shape index (κ3) is 4.45. The molecule has 0 radical (unpaired) electrons. The van der Waals surface area contributed by atoms with Gasteiger partial charge in [-0.1, -0.05) is 17.7 Å². The first kappa shape index (κ1) is 15.3. The normalized spacial score (nSPS) is 19.8. The predicted octanol–water partition coefficient (Wildman–Crippen LogP) is 1.36. The first-order chi connectivity index (χ1) is 9.69. The van der Waals surface area contributed by atoms with Gasteiger partial charge >= 0.3 is 0 Å². The molecular formula is C14H19ClN2O3. The minimum Gasteiger partial charge on any atom is -0.395 e. The van der Waals surface area contributed by atoms with E-state index in [9.17, 15) is 9.90 Å². The molecule has 1 atom stereocenters. The Bertz CT molecular complexity index is 456. The van der Waals surface area contributed by atoms with Crippen LogP contribution >= 0.6 is 11.6 Å². The van der Waals surface area contributed by atoms with Gasteiger partial charge in [-0.2, -0.15) is 0 Å². The van der Waals surface area contributed by atoms with Crippen molar-refractivity contribution in [2.75, 3.05) is 38.2 Å². The number of hydrogen-bond donors (Lipinski definition) is 2. The van der Waals surface area contributed by atoms with Crippen LogP contribution < -0.4 is 5.32 Å². The maximum absolute atomic E-state index is 11.9. The van der Waals surface area contributed by atoms with E-state index in [1.165, 1.54) is 0 Å². The zero-order valence-electron chi connectivity index (χ0n) is 11.2. The topological polar surface area (TPSA) is 61.8 Å². The lowest BCUT2D eigenvalue weighted by Crippen LogP contribution is -2.48. The van der Waals surface area contributed by atoms with Crippen LogP contribution in [0.25, 0.3) is 0 Å². The number of halogens is 1. The number of nitrogens with one attached hydrogen (secondary N) is 1. The Morgan fingerprint density at radius 1 is 1.55 bits per heavy atom. The van der Waals surface area contributed by atoms with E-state index in [2.05, 4.69) is 10.2 Å². The molecular weight excluding hydrogens is 280 g/mol. The van der Waals surface area contributed by atoms with Crippen molar-refractivity contribution < 1.29 is 14.6 Å². The fraction of sp³-hybridized carbons (Fsp3) is 0.500. The summed E-state index contributed by atoms with van der Waals surface area (Å²) in [6, 6.07) is 7.06. The molecule has 0 aromatic heterocycles. The number of anilines is 1. The monoisotopic (exact) mass is 298 g/mol. The molecule has 0 bridgehead atoms. The van der Waals surface area contributed by atoms with E-state index in [1.54, 1.807) is 24.3 Å². The van der Waals surface area contributed by atoms with Gasteiger partial charge in [0.15, 0.2) is 0 Å². The zero-order chi connectivity index (χ0) is 14.4. The van der Waals surface area contributed by atoms with Crippen LogP contribution in [0.2, 0.25) is 5.02 Å². The van der Waals surface area contributed by atoms with Gasteiger partial charge in [-0.25, -0.2) is 0 Å². The summed E-state index contributed by atoms with van der Waals surface area (Å²) in [6.45, 7) is 2.57. The average molecular weight is 299 g/mol. The lowest BCUT2D eigenvalue weighted by molar-refractivity contribution is -0.117. The molecule has 2 N–H and O–H groups in total. The van der Waals surface area contributed by atoms with Gasteiger partial charge in [0.1, 0.15) is 0 Å². The minimum atomic E-state index is -0.0598. The van der Waals surface area contributed by atoms with Crippen molar-refractivity contribution in [1.82, 2.24) is 4.90 Å². The second kappa shape index (κ2) is 7.59. The predicted molar refractivity (Wildman–Crippen MR) is 78.0 cm³/mol. The van der Waals surface area contributed by atoms with Crippen molar-refractivity contribution in [2.45, 2.75) is 12.5 Å². The molecule has 1 amide bonds. The number of benzene rings is 1. The number of carbonyl (C=O) groups is 1. The third-order valence-electron chi connectivity index (χ3n) is 3.29. The number of nitrogens with zero attached hydrogens (tertiary/aromatic N) is 1. The molecule has 1 aromatic rings. The second-order valence-electron chi connectivity index (χ2n) is 4.76. The number of aliphatic hydroxyl groups is 1. The summed E-state index contributed by atoms with van der Waals surface area (Å²) in [7, 11) is 0. The number of morpholine rings is 1. The number of aliphatic hydroxyl groups excluding tert-OH is 1. The SMILES string of the molecule is O=C(CCN1CCOCC1CO)Nc1cccc(Cl)c1. The zero-order valence-corrected chi connectivity index (χ0v) is 12.0. The minimum absolute atomic E-state index is 0.0114. The van der Waals surface area contributed by atoms with Crippen molar-refractivity contribution >= 4 is 23.2 Å². The molecule has 1 aliphatic rings. The van der Waals surface area contributed by atoms with Gasteiger partial charge in [-0.15, -0.1) is 0 Å². The van der Waals surface area contributed by atoms with E-state index in [-0.39, 0.29) is 18.6 Å². The summed E-state index contributed by atoms with van der Waals surface area (Å²) in [6.07, 6.45) is 0.378. The van der Waals surface area contributed by atoms with Crippen molar-refractivity contribution in [3.63, 3.8) is 0 Å². The number of rotatable bonds is 5. The Morgan fingerprint density at radius 3 is 3.15 bits per heavy atom. The highest BCUT2D eigenvalue weighted by Crippen LogP contribution is 2.15. The molecule has 110 valence electrons. The third-order valence-corrected chi connectivity index (χ3v) is 3.53. The maximum Gasteiger partial charge on any atom is 0.225 e. The Hall–Kier alpha value is -1.14. The fourth-order valence-corrected chi connectivity index (χ4v) is 2.38. The van der Waals surface area contributed by atoms with Crippen molar-refractivity contribution in [1.29, 1.82) is 0 Å². The number of ether oxygens (including phenoxy) is 1. The number of hydrogen-bond acceptors (Lipinski definition) is 4. The molecule has 0 aliphatic carbocycles. The molecule has 1 aliphatic heterocycles. The van der Waals surface area contributed by atoms with Crippen LogP contribution in [0.5, 0.6) is 0 Å². The van der Waals surface area contributed by atoms with Crippen LogP contribution in [0, 0.1) is 0 Å². The van der Waals surface area contributed by atoms with E-state index in [1.807, 2.05) is 0 Å². The van der Waals surface area contributed by atoms with Crippen LogP contribution in [0.15, 0.2) is 24.3 Å². The Kier molecular flexibility index (Phi) is 5.79. The van der Waals surface area contributed by atoms with Crippen molar-refractivity contribution in [3.05, 3.63) is 29.3 Å². The summed E-state index contributed by atoms with van der Waals surface area (Å²) >= 11 is 5.86. The largest absolute Gasteiger partial charge is 0.395 e. The van der Waals surface area contributed by atoms with Gasteiger partial charge < -0.3 is 15.2 Å². The Morgan fingerprint density at radius 2 is 2.40 bits per heavy atom.